The molecule has 10 nitrogen and oxygen atoms in total. The van der Waals surface area contributed by atoms with Crippen molar-refractivity contribution in [1.29, 1.82) is 0 Å². The lowest BCUT2D eigenvalue weighted by Gasteiger charge is -2.49. The molecule has 0 aliphatic carbocycles. The monoisotopic (exact) mass is 542 g/mol. The summed E-state index contributed by atoms with van der Waals surface area (Å²) in [7, 11) is 0. The Morgan fingerprint density at radius 3 is 2.65 bits per heavy atom. The number of nitrogens with zero attached hydrogens (tertiary/aromatic N) is 5. The molecule has 1 fully saturated rings. The Kier molecular flexibility index (Phi) is 7.27. The van der Waals surface area contributed by atoms with Crippen molar-refractivity contribution in [3.8, 4) is 0 Å². The van der Waals surface area contributed by atoms with E-state index in [4.69, 9.17) is 11.6 Å². The first-order valence-corrected chi connectivity index (χ1v) is 13.6. The number of carbonyl (C=O) groups is 3. The number of aryl methyl sites for hydroxylation is 2. The predicted molar refractivity (Wildman–Crippen MR) is 131 cm³/mol. The molecule has 0 saturated carbocycles. The van der Waals surface area contributed by atoms with Gasteiger partial charge in [-0.2, -0.15) is 5.10 Å². The maximum absolute atomic E-state index is 12.9. The fourth-order valence-electron chi connectivity index (χ4n) is 3.77. The molecule has 2 aromatic heterocycles. The molecule has 2 aliphatic heterocycles. The van der Waals surface area contributed by atoms with Gasteiger partial charge in [-0.05, 0) is 26.3 Å². The lowest BCUT2D eigenvalue weighted by atomic mass is 10.0. The first-order valence-electron chi connectivity index (χ1n) is 10.4. The highest BCUT2D eigenvalue weighted by molar-refractivity contribution is 8.01. The van der Waals surface area contributed by atoms with E-state index in [1.54, 1.807) is 18.5 Å². The van der Waals surface area contributed by atoms with E-state index in [1.807, 2.05) is 13.8 Å². The lowest BCUT2D eigenvalue weighted by Crippen LogP contribution is -2.71. The third kappa shape index (κ3) is 4.70. The smallest absolute Gasteiger partial charge is 0.352 e. The minimum Gasteiger partial charge on any atom is -0.477 e. The van der Waals surface area contributed by atoms with Crippen molar-refractivity contribution >= 4 is 64.2 Å². The molecule has 2 aliphatic rings. The molecule has 0 bridgehead atoms. The van der Waals surface area contributed by atoms with Crippen LogP contribution >= 0.6 is 46.5 Å². The fraction of sp³-hybridized carbons (Fsp3) is 0.500. The number of halogens is 1. The highest BCUT2D eigenvalue weighted by Gasteiger charge is 2.54. The molecule has 0 aromatic carbocycles. The molecule has 2 amide bonds. The number of β-lactam (4-membered cyclic amide) rings is 1. The number of carboxylic acid groups (broad SMARTS) is 1. The van der Waals surface area contributed by atoms with Crippen molar-refractivity contribution < 1.29 is 19.5 Å². The average Bonchev–Trinajstić information content (AvgIpc) is 3.32. The van der Waals surface area contributed by atoms with Gasteiger partial charge in [0.15, 0.2) is 4.34 Å². The van der Waals surface area contributed by atoms with Crippen LogP contribution in [0.3, 0.4) is 0 Å². The van der Waals surface area contributed by atoms with Crippen LogP contribution in [0, 0.1) is 26.7 Å². The van der Waals surface area contributed by atoms with E-state index in [1.165, 1.54) is 39.8 Å². The molecule has 2 N–H and O–H groups in total. The molecule has 34 heavy (non-hydrogen) atoms. The molecular weight excluding hydrogens is 520 g/mol. The number of hydrogen-bond acceptors (Lipinski definition) is 9. The Bertz CT molecular complexity index is 1200. The highest BCUT2D eigenvalue weighted by atomic mass is 35.5. The molecule has 4 rings (SSSR count). The molecule has 0 spiro atoms. The SMILES string of the molecule is Cc1nnc(SCC2=C(C(=O)O)N3C(=O)[C@H](NC(=O)[C@@H](C)Cn4nc(C)c(Cl)c4C)[C@@H]3SC2)s1. The molecule has 1 saturated heterocycles. The first-order chi connectivity index (χ1) is 16.1. The second-order valence-electron chi connectivity index (χ2n) is 8.10. The predicted octanol–water partition coefficient (Wildman–Crippen LogP) is 2.48. The van der Waals surface area contributed by atoms with Crippen molar-refractivity contribution in [2.45, 2.75) is 50.0 Å². The number of carboxylic acids is 1. The van der Waals surface area contributed by atoms with Crippen LogP contribution < -0.4 is 5.32 Å². The zero-order valence-electron chi connectivity index (χ0n) is 18.9. The quantitative estimate of drug-likeness (QED) is 0.381. The molecule has 2 aromatic rings. The van der Waals surface area contributed by atoms with Gasteiger partial charge in [-0.1, -0.05) is 41.6 Å². The normalized spacial score (nSPS) is 20.7. The summed E-state index contributed by atoms with van der Waals surface area (Å²) in [5.74, 6) is -1.47. The Morgan fingerprint density at radius 2 is 2.06 bits per heavy atom. The second-order valence-corrected chi connectivity index (χ2v) is 12.0. The van der Waals surface area contributed by atoms with Gasteiger partial charge in [0.1, 0.15) is 22.1 Å². The van der Waals surface area contributed by atoms with E-state index in [2.05, 4.69) is 20.6 Å². The van der Waals surface area contributed by atoms with Crippen molar-refractivity contribution in [1.82, 2.24) is 30.2 Å². The van der Waals surface area contributed by atoms with Crippen LogP contribution in [0.25, 0.3) is 0 Å². The zero-order valence-corrected chi connectivity index (χ0v) is 22.1. The molecule has 14 heteroatoms. The average molecular weight is 543 g/mol. The first kappa shape index (κ1) is 25.0. The third-order valence-electron chi connectivity index (χ3n) is 5.61. The summed E-state index contributed by atoms with van der Waals surface area (Å²) in [6.45, 7) is 7.56. The van der Waals surface area contributed by atoms with Crippen molar-refractivity contribution in [3.63, 3.8) is 0 Å². The Hall–Kier alpha value is -2.09. The molecule has 182 valence electrons. The Morgan fingerprint density at radius 1 is 1.32 bits per heavy atom. The van der Waals surface area contributed by atoms with Crippen LogP contribution in [-0.2, 0) is 20.9 Å². The van der Waals surface area contributed by atoms with Gasteiger partial charge in [0.25, 0.3) is 5.91 Å². The molecular formula is C20H23ClN6O4S3. The number of nitrogens with one attached hydrogen (secondary N) is 1. The van der Waals surface area contributed by atoms with E-state index >= 15 is 0 Å². The maximum Gasteiger partial charge on any atom is 0.352 e. The number of aromatic nitrogens is 4. The summed E-state index contributed by atoms with van der Waals surface area (Å²) in [4.78, 5) is 39.0. The molecule has 3 atom stereocenters. The van der Waals surface area contributed by atoms with Crippen molar-refractivity contribution in [2.75, 3.05) is 11.5 Å². The minimum atomic E-state index is -1.15. The topological polar surface area (TPSA) is 130 Å². The highest BCUT2D eigenvalue weighted by Crippen LogP contribution is 2.41. The van der Waals surface area contributed by atoms with E-state index < -0.39 is 29.2 Å². The van der Waals surface area contributed by atoms with Gasteiger partial charge in [-0.15, -0.1) is 22.0 Å². The summed E-state index contributed by atoms with van der Waals surface area (Å²) < 4.78 is 2.43. The minimum absolute atomic E-state index is 0.00156. The van der Waals surface area contributed by atoms with Crippen LogP contribution in [0.5, 0.6) is 0 Å². The standard InChI is InChI=1S/C20H23ClN6O4S3/c1-8(5-26-10(3)13(21)9(2)25-26)16(28)22-14-17(29)27-15(19(30)31)12(6-32-18(14)27)7-33-20-24-23-11(4)34-20/h8,14,18H,5-7H2,1-4H3,(H,22,28)(H,30,31)/t8-,14-,18-/m0/s1. The summed E-state index contributed by atoms with van der Waals surface area (Å²) in [6, 6.07) is -0.765. The van der Waals surface area contributed by atoms with Gasteiger partial charge < -0.3 is 10.4 Å². The number of amides is 2. The van der Waals surface area contributed by atoms with Crippen LogP contribution in [0.15, 0.2) is 15.6 Å². The van der Waals surface area contributed by atoms with Crippen LogP contribution in [0.4, 0.5) is 0 Å². The fourth-order valence-corrected chi connectivity index (χ4v) is 7.21. The van der Waals surface area contributed by atoms with Gasteiger partial charge in [-0.25, -0.2) is 4.79 Å². The van der Waals surface area contributed by atoms with Crippen LogP contribution in [-0.4, -0.2) is 70.7 Å². The van der Waals surface area contributed by atoms with Crippen LogP contribution in [0.1, 0.15) is 23.3 Å². The van der Waals surface area contributed by atoms with Crippen molar-refractivity contribution in [2.24, 2.45) is 5.92 Å². The van der Waals surface area contributed by atoms with Gasteiger partial charge >= 0.3 is 5.97 Å². The number of aliphatic carboxylic acids is 1. The lowest BCUT2D eigenvalue weighted by molar-refractivity contribution is -0.151. The Balaban J connectivity index is 1.41. The third-order valence-corrected chi connectivity index (χ3v) is 9.56. The summed E-state index contributed by atoms with van der Waals surface area (Å²) in [6.07, 6.45) is 0. The van der Waals surface area contributed by atoms with Gasteiger partial charge in [-0.3, -0.25) is 19.2 Å². The zero-order chi connectivity index (χ0) is 24.7. The summed E-state index contributed by atoms with van der Waals surface area (Å²) in [5, 5.41) is 25.9. The molecule has 0 unspecified atom stereocenters. The second kappa shape index (κ2) is 9.88. The van der Waals surface area contributed by atoms with Crippen LogP contribution in [0.2, 0.25) is 5.02 Å². The maximum atomic E-state index is 12.9. The summed E-state index contributed by atoms with van der Waals surface area (Å²) >= 11 is 10.5. The number of thioether (sulfide) groups is 2. The van der Waals surface area contributed by atoms with E-state index in [0.29, 0.717) is 34.3 Å². The van der Waals surface area contributed by atoms with Gasteiger partial charge in [0, 0.05) is 11.5 Å². The number of carbonyl (C=O) groups excluding carboxylic acids is 2. The largest absolute Gasteiger partial charge is 0.477 e. The van der Waals surface area contributed by atoms with E-state index in [-0.39, 0.29) is 11.6 Å². The molecule has 0 radical (unpaired) electrons. The number of hydrogen-bond donors (Lipinski definition) is 2. The van der Waals surface area contributed by atoms with E-state index in [0.717, 1.165) is 15.0 Å². The summed E-state index contributed by atoms with van der Waals surface area (Å²) in [5.41, 5.74) is 2.12. The van der Waals surface area contributed by atoms with Gasteiger partial charge in [0.2, 0.25) is 5.91 Å². The number of fused-ring (bicyclic) bond motifs is 1. The van der Waals surface area contributed by atoms with Crippen molar-refractivity contribution in [3.05, 3.63) is 32.7 Å². The number of rotatable bonds is 8. The van der Waals surface area contributed by atoms with Gasteiger partial charge in [0.05, 0.1) is 28.9 Å². The Labute approximate surface area is 213 Å². The van der Waals surface area contributed by atoms with E-state index in [9.17, 15) is 19.5 Å². The molecule has 4 heterocycles.